The van der Waals surface area contributed by atoms with Gasteiger partial charge in [0, 0.05) is 25.6 Å². The second-order valence-corrected chi connectivity index (χ2v) is 4.22. The largest absolute Gasteiger partial charge is 0.383 e. The first kappa shape index (κ1) is 10.2. The first-order chi connectivity index (χ1) is 7.08. The van der Waals surface area contributed by atoms with Crippen LogP contribution in [0.3, 0.4) is 0 Å². The van der Waals surface area contributed by atoms with Crippen LogP contribution in [-0.2, 0) is 0 Å². The molecule has 0 amide bonds. The van der Waals surface area contributed by atoms with Crippen molar-refractivity contribution in [1.82, 2.24) is 15.0 Å². The smallest absolute Gasteiger partial charge is 0.149 e. The minimum absolute atomic E-state index is 0.524. The van der Waals surface area contributed by atoms with Crippen LogP contribution in [0.5, 0.6) is 0 Å². The molecular formula is C10H17N5. The van der Waals surface area contributed by atoms with Gasteiger partial charge in [0.1, 0.15) is 17.5 Å². The Kier molecular flexibility index (Phi) is 2.48. The van der Waals surface area contributed by atoms with Crippen LogP contribution in [0.25, 0.3) is 0 Å². The number of nitrogens with one attached hydrogen (secondary N) is 1. The molecule has 5 heteroatoms. The minimum Gasteiger partial charge on any atom is -0.383 e. The van der Waals surface area contributed by atoms with E-state index in [1.54, 1.807) is 0 Å². The summed E-state index contributed by atoms with van der Waals surface area (Å²) in [5.41, 5.74) is 9.90. The Morgan fingerprint density at radius 2 is 2.00 bits per heavy atom. The molecule has 1 aliphatic rings. The molecule has 3 N–H and O–H groups in total. The lowest BCUT2D eigenvalue weighted by atomic mass is 10.3. The molecule has 5 nitrogen and oxygen atoms in total. The van der Waals surface area contributed by atoms with Gasteiger partial charge in [-0.05, 0) is 19.8 Å². The lowest BCUT2D eigenvalue weighted by Crippen LogP contribution is -2.22. The van der Waals surface area contributed by atoms with Crippen LogP contribution in [-0.4, -0.2) is 29.1 Å². The molecule has 0 unspecified atom stereocenters. The zero-order valence-electron chi connectivity index (χ0n) is 9.41. The Morgan fingerprint density at radius 3 is 2.53 bits per heavy atom. The van der Waals surface area contributed by atoms with Gasteiger partial charge in [-0.1, -0.05) is 0 Å². The van der Waals surface area contributed by atoms with Crippen LogP contribution >= 0.6 is 0 Å². The third kappa shape index (κ3) is 2.18. The van der Waals surface area contributed by atoms with Crippen molar-refractivity contribution < 1.29 is 0 Å². The quantitative estimate of drug-likeness (QED) is 0.727. The first-order valence-corrected chi connectivity index (χ1v) is 5.16. The van der Waals surface area contributed by atoms with Crippen LogP contribution in [0.15, 0.2) is 0 Å². The van der Waals surface area contributed by atoms with Crippen molar-refractivity contribution in [1.29, 1.82) is 0 Å². The van der Waals surface area contributed by atoms with E-state index in [9.17, 15) is 0 Å². The summed E-state index contributed by atoms with van der Waals surface area (Å²) in [4.78, 5) is 8.80. The van der Waals surface area contributed by atoms with E-state index >= 15 is 0 Å². The molecule has 0 radical (unpaired) electrons. The summed E-state index contributed by atoms with van der Waals surface area (Å²) in [7, 11) is 3.85. The highest BCUT2D eigenvalue weighted by atomic mass is 15.5. The molecule has 1 saturated carbocycles. The van der Waals surface area contributed by atoms with Crippen LogP contribution in [0.2, 0.25) is 0 Å². The molecule has 1 fully saturated rings. The topological polar surface area (TPSA) is 67.1 Å². The summed E-state index contributed by atoms with van der Waals surface area (Å²) >= 11 is 0. The highest BCUT2D eigenvalue weighted by Gasteiger charge is 2.27. The molecule has 1 aromatic rings. The SMILES string of the molecule is Cc1c(N)nc(C2CC2)nc1NN(C)C. The van der Waals surface area contributed by atoms with E-state index in [-0.39, 0.29) is 0 Å². The summed E-state index contributed by atoms with van der Waals surface area (Å²) in [6, 6.07) is 0. The van der Waals surface area contributed by atoms with Gasteiger partial charge >= 0.3 is 0 Å². The van der Waals surface area contributed by atoms with Gasteiger partial charge in [0.2, 0.25) is 0 Å². The molecule has 0 atom stereocenters. The molecule has 0 aliphatic heterocycles. The fourth-order valence-electron chi connectivity index (χ4n) is 1.40. The summed E-state index contributed by atoms with van der Waals surface area (Å²) in [6.45, 7) is 1.93. The van der Waals surface area contributed by atoms with E-state index in [1.165, 1.54) is 12.8 Å². The molecule has 2 rings (SSSR count). The van der Waals surface area contributed by atoms with Crippen molar-refractivity contribution in [3.8, 4) is 0 Å². The maximum Gasteiger partial charge on any atom is 0.149 e. The lowest BCUT2D eigenvalue weighted by Gasteiger charge is -2.16. The van der Waals surface area contributed by atoms with E-state index in [1.807, 2.05) is 26.0 Å². The predicted molar refractivity (Wildman–Crippen MR) is 60.5 cm³/mol. The van der Waals surface area contributed by atoms with Crippen LogP contribution < -0.4 is 11.2 Å². The Hall–Kier alpha value is -1.36. The summed E-state index contributed by atoms with van der Waals surface area (Å²) in [6.07, 6.45) is 2.37. The molecule has 82 valence electrons. The molecule has 0 bridgehead atoms. The van der Waals surface area contributed by atoms with Crippen LogP contribution in [0.1, 0.15) is 30.1 Å². The maximum atomic E-state index is 5.85. The molecule has 15 heavy (non-hydrogen) atoms. The summed E-state index contributed by atoms with van der Waals surface area (Å²) < 4.78 is 0. The summed E-state index contributed by atoms with van der Waals surface area (Å²) in [5, 5.41) is 1.85. The highest BCUT2D eigenvalue weighted by Crippen LogP contribution is 2.39. The number of rotatable bonds is 3. The average Bonchev–Trinajstić information content (AvgIpc) is 2.94. The van der Waals surface area contributed by atoms with Crippen molar-refractivity contribution >= 4 is 11.6 Å². The Labute approximate surface area is 89.7 Å². The van der Waals surface area contributed by atoms with Gasteiger partial charge in [-0.2, -0.15) is 0 Å². The third-order valence-electron chi connectivity index (χ3n) is 2.47. The fraction of sp³-hybridized carbons (Fsp3) is 0.600. The number of hydrogen-bond acceptors (Lipinski definition) is 5. The van der Waals surface area contributed by atoms with Crippen LogP contribution in [0, 0.1) is 6.92 Å². The average molecular weight is 207 g/mol. The molecule has 1 aliphatic carbocycles. The fourth-order valence-corrected chi connectivity index (χ4v) is 1.40. The predicted octanol–water partition coefficient (Wildman–Crippen LogP) is 1.13. The van der Waals surface area contributed by atoms with E-state index < -0.39 is 0 Å². The molecule has 1 aromatic heterocycles. The van der Waals surface area contributed by atoms with Gasteiger partial charge in [0.05, 0.1) is 0 Å². The standard InChI is InChI=1S/C10H17N5/c1-6-8(11)12-10(7-4-5-7)13-9(6)14-15(2)3/h7H,4-5H2,1-3H3,(H3,11,12,13,14). The van der Waals surface area contributed by atoms with Crippen molar-refractivity contribution in [2.24, 2.45) is 0 Å². The van der Waals surface area contributed by atoms with E-state index in [0.29, 0.717) is 11.7 Å². The lowest BCUT2D eigenvalue weighted by molar-refractivity contribution is 0.491. The van der Waals surface area contributed by atoms with Crippen LogP contribution in [0.4, 0.5) is 11.6 Å². The monoisotopic (exact) mass is 207 g/mol. The second-order valence-electron chi connectivity index (χ2n) is 4.22. The van der Waals surface area contributed by atoms with Gasteiger partial charge in [-0.15, -0.1) is 0 Å². The van der Waals surface area contributed by atoms with Crippen molar-refractivity contribution in [3.05, 3.63) is 11.4 Å². The summed E-state index contributed by atoms with van der Waals surface area (Å²) in [5.74, 6) is 2.80. The van der Waals surface area contributed by atoms with E-state index in [2.05, 4.69) is 15.4 Å². The third-order valence-corrected chi connectivity index (χ3v) is 2.47. The van der Waals surface area contributed by atoms with E-state index in [4.69, 9.17) is 5.73 Å². The Morgan fingerprint density at radius 1 is 1.33 bits per heavy atom. The van der Waals surface area contributed by atoms with Gasteiger partial charge in [-0.3, -0.25) is 0 Å². The number of anilines is 2. The minimum atomic E-state index is 0.524. The van der Waals surface area contributed by atoms with E-state index in [0.717, 1.165) is 17.2 Å². The number of nitrogens with two attached hydrogens (primary N) is 1. The second kappa shape index (κ2) is 3.66. The number of aromatic nitrogens is 2. The van der Waals surface area contributed by atoms with Crippen molar-refractivity contribution in [2.75, 3.05) is 25.3 Å². The Bertz CT molecular complexity index is 370. The van der Waals surface area contributed by atoms with Crippen molar-refractivity contribution in [3.63, 3.8) is 0 Å². The molecule has 0 aromatic carbocycles. The Balaban J connectivity index is 2.33. The first-order valence-electron chi connectivity index (χ1n) is 5.16. The normalized spacial score (nSPS) is 15.7. The maximum absolute atomic E-state index is 5.85. The number of hydrogen-bond donors (Lipinski definition) is 2. The molecular weight excluding hydrogens is 190 g/mol. The van der Waals surface area contributed by atoms with Gasteiger partial charge in [0.25, 0.3) is 0 Å². The highest BCUT2D eigenvalue weighted by molar-refractivity contribution is 5.54. The molecule has 1 heterocycles. The number of hydrazine groups is 1. The number of nitrogen functional groups attached to an aromatic ring is 1. The molecule has 0 saturated heterocycles. The van der Waals surface area contributed by atoms with Gasteiger partial charge < -0.3 is 11.2 Å². The zero-order chi connectivity index (χ0) is 11.0. The van der Waals surface area contributed by atoms with Gasteiger partial charge in [-0.25, -0.2) is 15.0 Å². The number of nitrogens with zero attached hydrogens (tertiary/aromatic N) is 3. The zero-order valence-corrected chi connectivity index (χ0v) is 9.41. The van der Waals surface area contributed by atoms with Gasteiger partial charge in [0.15, 0.2) is 0 Å². The molecule has 0 spiro atoms. The van der Waals surface area contributed by atoms with Crippen molar-refractivity contribution in [2.45, 2.75) is 25.7 Å².